The van der Waals surface area contributed by atoms with Crippen molar-refractivity contribution in [1.82, 2.24) is 0 Å². The summed E-state index contributed by atoms with van der Waals surface area (Å²) in [6, 6.07) is 5.48. The van der Waals surface area contributed by atoms with Gasteiger partial charge in [0.05, 0.1) is 11.3 Å². The summed E-state index contributed by atoms with van der Waals surface area (Å²) >= 11 is 0. The Labute approximate surface area is 206 Å². The molecular formula is C26H44N2O5Si. The van der Waals surface area contributed by atoms with Crippen molar-refractivity contribution in [3.8, 4) is 0 Å². The summed E-state index contributed by atoms with van der Waals surface area (Å²) in [4.78, 5) is 25.1. The average Bonchev–Trinajstić information content (AvgIpc) is 2.70. The highest BCUT2D eigenvalue weighted by Gasteiger charge is 2.40. The third-order valence-electron chi connectivity index (χ3n) is 7.47. The van der Waals surface area contributed by atoms with E-state index >= 15 is 0 Å². The molecule has 34 heavy (non-hydrogen) atoms. The summed E-state index contributed by atoms with van der Waals surface area (Å²) in [7, 11) is -1.83. The second-order valence-electron chi connectivity index (χ2n) is 11.9. The van der Waals surface area contributed by atoms with Crippen LogP contribution in [0.25, 0.3) is 0 Å². The Bertz CT molecular complexity index is 857. The van der Waals surface area contributed by atoms with Crippen molar-refractivity contribution in [3.05, 3.63) is 33.9 Å². The first kappa shape index (κ1) is 28.3. The van der Waals surface area contributed by atoms with Crippen molar-refractivity contribution in [3.63, 3.8) is 0 Å². The number of aliphatic carboxylic acids is 1. The minimum absolute atomic E-state index is 0.0511. The van der Waals surface area contributed by atoms with E-state index in [-0.39, 0.29) is 40.1 Å². The van der Waals surface area contributed by atoms with Crippen molar-refractivity contribution in [2.45, 2.75) is 110 Å². The van der Waals surface area contributed by atoms with Crippen LogP contribution in [0, 0.1) is 16.0 Å². The van der Waals surface area contributed by atoms with E-state index in [2.05, 4.69) is 52.6 Å². The van der Waals surface area contributed by atoms with E-state index in [1.165, 1.54) is 0 Å². The fraction of sp³-hybridized carbons (Fsp3) is 0.731. The summed E-state index contributed by atoms with van der Waals surface area (Å²) in [6.45, 7) is 18.2. The number of carboxylic acids is 1. The molecule has 0 saturated heterocycles. The Hall–Kier alpha value is -1.93. The molecular weight excluding hydrogens is 448 g/mol. The zero-order valence-electron chi connectivity index (χ0n) is 22.3. The van der Waals surface area contributed by atoms with E-state index in [0.717, 1.165) is 32.2 Å². The molecule has 0 amide bonds. The number of hydrogen-bond donors (Lipinski definition) is 1. The molecule has 1 aliphatic rings. The predicted molar refractivity (Wildman–Crippen MR) is 140 cm³/mol. The summed E-state index contributed by atoms with van der Waals surface area (Å²) in [5, 5.41) is 21.3. The highest BCUT2D eigenvalue weighted by Crippen LogP contribution is 2.41. The molecule has 8 heteroatoms. The topological polar surface area (TPSA) is 92.9 Å². The number of benzene rings is 1. The number of carboxylic acid groups (broad SMARTS) is 1. The molecule has 0 radical (unpaired) electrons. The lowest BCUT2D eigenvalue weighted by atomic mass is 9.90. The monoisotopic (exact) mass is 492 g/mol. The van der Waals surface area contributed by atoms with Crippen LogP contribution in [0.2, 0.25) is 18.1 Å². The molecule has 1 aliphatic carbocycles. The summed E-state index contributed by atoms with van der Waals surface area (Å²) in [5.74, 6) is -0.838. The van der Waals surface area contributed by atoms with Crippen molar-refractivity contribution < 1.29 is 19.3 Å². The van der Waals surface area contributed by atoms with Crippen LogP contribution in [0.5, 0.6) is 0 Å². The number of anilines is 1. The molecule has 1 N–H and O–H groups in total. The third-order valence-corrected chi connectivity index (χ3v) is 12.0. The molecule has 1 aromatic rings. The van der Waals surface area contributed by atoms with E-state index in [0.29, 0.717) is 17.2 Å². The zero-order chi connectivity index (χ0) is 25.8. The van der Waals surface area contributed by atoms with E-state index in [1.807, 2.05) is 12.1 Å². The van der Waals surface area contributed by atoms with Gasteiger partial charge < -0.3 is 14.4 Å². The Morgan fingerprint density at radius 2 is 1.79 bits per heavy atom. The van der Waals surface area contributed by atoms with Gasteiger partial charge in [-0.15, -0.1) is 0 Å². The minimum atomic E-state index is -1.83. The largest absolute Gasteiger partial charge is 0.481 e. The van der Waals surface area contributed by atoms with Crippen LogP contribution in [0.1, 0.15) is 85.1 Å². The van der Waals surface area contributed by atoms with Gasteiger partial charge in [0.25, 0.3) is 5.69 Å². The molecule has 1 fully saturated rings. The highest BCUT2D eigenvalue weighted by atomic mass is 28.4. The van der Waals surface area contributed by atoms with E-state index in [1.54, 1.807) is 13.0 Å². The first-order valence-electron chi connectivity index (χ1n) is 12.6. The van der Waals surface area contributed by atoms with E-state index < -0.39 is 14.3 Å². The van der Waals surface area contributed by atoms with Gasteiger partial charge in [-0.25, -0.2) is 0 Å². The van der Waals surface area contributed by atoms with Crippen LogP contribution in [0.3, 0.4) is 0 Å². The lowest BCUT2D eigenvalue weighted by Gasteiger charge is -2.43. The van der Waals surface area contributed by atoms with Crippen molar-refractivity contribution in [1.29, 1.82) is 0 Å². The van der Waals surface area contributed by atoms with Gasteiger partial charge in [-0.05, 0) is 67.3 Å². The Balaban J connectivity index is 2.26. The van der Waals surface area contributed by atoms with Gasteiger partial charge in [-0.2, -0.15) is 0 Å². The molecule has 192 valence electrons. The summed E-state index contributed by atoms with van der Waals surface area (Å²) in [5.41, 5.74) is 1.39. The van der Waals surface area contributed by atoms with Crippen LogP contribution < -0.4 is 4.90 Å². The molecule has 0 spiro atoms. The summed E-state index contributed by atoms with van der Waals surface area (Å²) in [6.07, 6.45) is 4.03. The quantitative estimate of drug-likeness (QED) is 0.215. The van der Waals surface area contributed by atoms with Crippen molar-refractivity contribution in [2.24, 2.45) is 5.92 Å². The predicted octanol–water partition coefficient (Wildman–Crippen LogP) is 6.97. The number of carbonyl (C=O) groups is 1. The lowest BCUT2D eigenvalue weighted by molar-refractivity contribution is -0.384. The molecule has 0 bridgehead atoms. The normalized spacial score (nSPS) is 20.3. The first-order chi connectivity index (χ1) is 15.6. The number of rotatable bonds is 10. The molecule has 1 atom stereocenters. The van der Waals surface area contributed by atoms with Gasteiger partial charge in [0.2, 0.25) is 0 Å². The number of nitro benzene ring substituents is 1. The number of nitro groups is 1. The fourth-order valence-corrected chi connectivity index (χ4v) is 5.94. The molecule has 0 heterocycles. The van der Waals surface area contributed by atoms with E-state index in [9.17, 15) is 14.9 Å². The summed E-state index contributed by atoms with van der Waals surface area (Å²) < 4.78 is 6.66. The second-order valence-corrected chi connectivity index (χ2v) is 16.6. The van der Waals surface area contributed by atoms with Gasteiger partial charge in [0.1, 0.15) is 5.69 Å². The first-order valence-corrected chi connectivity index (χ1v) is 15.5. The maximum absolute atomic E-state index is 12.0. The minimum Gasteiger partial charge on any atom is -0.481 e. The molecule has 1 unspecified atom stereocenters. The molecule has 1 saturated carbocycles. The van der Waals surface area contributed by atoms with Crippen LogP contribution in [-0.4, -0.2) is 43.0 Å². The maximum Gasteiger partial charge on any atom is 0.303 e. The van der Waals surface area contributed by atoms with Gasteiger partial charge in [0, 0.05) is 24.8 Å². The fourth-order valence-electron chi connectivity index (χ4n) is 4.52. The highest BCUT2D eigenvalue weighted by molar-refractivity contribution is 6.74. The molecule has 1 aromatic carbocycles. The maximum atomic E-state index is 12.0. The van der Waals surface area contributed by atoms with Crippen LogP contribution in [0.4, 0.5) is 11.4 Å². The van der Waals surface area contributed by atoms with Crippen LogP contribution in [0.15, 0.2) is 18.2 Å². The molecule has 0 aliphatic heterocycles. The Kier molecular flexibility index (Phi) is 9.33. The zero-order valence-corrected chi connectivity index (χ0v) is 23.3. The smallest absolute Gasteiger partial charge is 0.303 e. The average molecular weight is 493 g/mol. The van der Waals surface area contributed by atoms with E-state index in [4.69, 9.17) is 9.53 Å². The number of hydrogen-bond acceptors (Lipinski definition) is 5. The lowest BCUT2D eigenvalue weighted by Crippen LogP contribution is -2.47. The molecule has 2 rings (SSSR count). The Morgan fingerprint density at radius 1 is 1.21 bits per heavy atom. The van der Waals surface area contributed by atoms with Crippen molar-refractivity contribution >= 4 is 25.7 Å². The standard InChI is InChI=1S/C26H44N2O5Si/c1-18(2)17-27(21-10-12-22(13-11-21)33-34(7,8)26(4,5)6)23-14-9-20(16-24(23)28(31)32)19(3)15-25(29)30/h9,14,16,18-19,21-22H,10-13,15,17H2,1-8H3,(H,29,30)/t19?,21-,22-. The van der Waals surface area contributed by atoms with Gasteiger partial charge in [0.15, 0.2) is 8.32 Å². The van der Waals surface area contributed by atoms with Crippen molar-refractivity contribution in [2.75, 3.05) is 11.4 Å². The SMILES string of the molecule is CC(C)CN(c1ccc(C(C)CC(=O)O)cc1[N+](=O)[O-])[C@H]1CC[C@H](O[Si](C)(C)C(C)(C)C)CC1. The molecule has 7 nitrogen and oxygen atoms in total. The van der Waals surface area contributed by atoms with Crippen LogP contribution in [-0.2, 0) is 9.22 Å². The van der Waals surface area contributed by atoms with Crippen LogP contribution >= 0.6 is 0 Å². The molecule has 0 aromatic heterocycles. The van der Waals surface area contributed by atoms with Gasteiger partial charge in [-0.3, -0.25) is 14.9 Å². The number of nitrogens with zero attached hydrogens (tertiary/aromatic N) is 2. The van der Waals surface area contributed by atoms with Gasteiger partial charge >= 0.3 is 5.97 Å². The second kappa shape index (κ2) is 11.2. The third kappa shape index (κ3) is 7.28. The Morgan fingerprint density at radius 3 is 2.26 bits per heavy atom. The van der Waals surface area contributed by atoms with Gasteiger partial charge in [-0.1, -0.05) is 47.6 Å².